The number of hydrogen-bond acceptors (Lipinski definition) is 10. The Kier molecular flexibility index (Phi) is 14.1. The van der Waals surface area contributed by atoms with Crippen molar-refractivity contribution in [2.45, 2.75) is 93.4 Å². The van der Waals surface area contributed by atoms with Crippen molar-refractivity contribution in [3.63, 3.8) is 0 Å². The number of aryl methyl sites for hydroxylation is 1. The Balaban J connectivity index is 0.777. The van der Waals surface area contributed by atoms with Crippen LogP contribution in [0.15, 0.2) is 131 Å². The Hall–Kier alpha value is -6.74. The third kappa shape index (κ3) is 10.7. The minimum Gasteiger partial charge on any atom is -0.378 e. The topological polar surface area (TPSA) is 169 Å². The number of sulfonamides is 2. The highest BCUT2D eigenvalue weighted by molar-refractivity contribution is 7.93. The van der Waals surface area contributed by atoms with Crippen LogP contribution in [0.25, 0.3) is 0 Å². The van der Waals surface area contributed by atoms with Crippen molar-refractivity contribution in [3.8, 4) is 0 Å². The molecule has 6 aromatic rings. The summed E-state index contributed by atoms with van der Waals surface area (Å²) in [6.45, 7) is 8.31. The summed E-state index contributed by atoms with van der Waals surface area (Å²) in [4.78, 5) is 26.2. The minimum absolute atomic E-state index is 0.0470. The van der Waals surface area contributed by atoms with Gasteiger partial charge < -0.3 is 20.1 Å². The fourth-order valence-corrected chi connectivity index (χ4v) is 13.3. The summed E-state index contributed by atoms with van der Waals surface area (Å²) in [7, 11) is -8.60. The number of nitrogens with one attached hydrogen (secondary N) is 4. The van der Waals surface area contributed by atoms with Gasteiger partial charge in [0.15, 0.2) is 11.6 Å². The lowest BCUT2D eigenvalue weighted by Gasteiger charge is -2.36. The van der Waals surface area contributed by atoms with E-state index in [2.05, 4.69) is 15.4 Å². The van der Waals surface area contributed by atoms with Crippen LogP contribution >= 0.6 is 0 Å². The highest BCUT2D eigenvalue weighted by Gasteiger charge is 2.45. The summed E-state index contributed by atoms with van der Waals surface area (Å²) >= 11 is 0. The second kappa shape index (κ2) is 20.2. The maximum absolute atomic E-state index is 13.9. The number of alkyl halides is 6. The van der Waals surface area contributed by atoms with Crippen molar-refractivity contribution in [1.29, 1.82) is 0 Å². The number of ether oxygens (including phenoxy) is 2. The molecule has 0 aromatic heterocycles. The predicted octanol–water partition coefficient (Wildman–Crippen LogP) is 13.0. The molecule has 404 valence electrons. The zero-order chi connectivity index (χ0) is 54.9. The third-order valence-electron chi connectivity index (χ3n) is 15.1. The SMILES string of the molecule is Cc1cc(NS(=O)(=O)c2ccc3c(c2)C2OCCC2C(c2ccc(C(=O)C(C)C)cc2)N3)ccc1CC(C)C(=O)c1ccc(C2Nc3ccc(S(=O)(=O)Nc4ccc(C(F)(F)F)c(C(F)(F)F)c4)cc3C3OCCC23)cc1. The van der Waals surface area contributed by atoms with Crippen molar-refractivity contribution >= 4 is 54.4 Å². The third-order valence-corrected chi connectivity index (χ3v) is 17.9. The van der Waals surface area contributed by atoms with Crippen LogP contribution in [-0.4, -0.2) is 41.6 Å². The van der Waals surface area contributed by atoms with Crippen LogP contribution in [0.5, 0.6) is 0 Å². The number of carbonyl (C=O) groups excluding carboxylic acids is 2. The van der Waals surface area contributed by atoms with Crippen LogP contribution in [-0.2, 0) is 48.3 Å². The number of rotatable bonds is 14. The molecule has 7 atom stereocenters. The maximum Gasteiger partial charge on any atom is 0.417 e. The number of carbonyl (C=O) groups is 2. The summed E-state index contributed by atoms with van der Waals surface area (Å²) in [5.74, 6) is -0.719. The van der Waals surface area contributed by atoms with Gasteiger partial charge in [-0.1, -0.05) is 75.4 Å². The number of ketones is 2. The molecule has 4 aliphatic rings. The van der Waals surface area contributed by atoms with Crippen molar-refractivity contribution < 1.29 is 62.2 Å². The van der Waals surface area contributed by atoms with E-state index in [1.165, 1.54) is 18.2 Å². The smallest absolute Gasteiger partial charge is 0.378 e. The average Bonchev–Trinajstić information content (AvgIpc) is 4.18. The van der Waals surface area contributed by atoms with E-state index in [9.17, 15) is 52.8 Å². The van der Waals surface area contributed by atoms with Gasteiger partial charge in [0.05, 0.1) is 45.2 Å². The molecule has 0 aliphatic carbocycles. The van der Waals surface area contributed by atoms with Gasteiger partial charge in [0.2, 0.25) is 0 Å². The first-order valence-corrected chi connectivity index (χ1v) is 28.1. The van der Waals surface area contributed by atoms with E-state index in [0.29, 0.717) is 60.2 Å². The molecule has 0 radical (unpaired) electrons. The van der Waals surface area contributed by atoms with E-state index >= 15 is 0 Å². The standard InChI is InChI=1S/C57H54F6N4O8S2/c1-30(2)52(68)35-9-5-33(6-10-35)50-42-21-23-74-54(42)44-28-40(16-19-48(44)64-50)76(70,71)66-38-14-13-37(31(3)26-38)25-32(4)53(69)36-11-7-34(8-12-36)51-43-22-24-75-55(43)45-29-41(17-20-49(45)65-51)77(72,73)67-39-15-18-46(56(58,59)60)47(27-39)57(61,62)63/h5-20,26-30,32,42-43,50-51,54-55,64-67H,21-25H2,1-4H3. The molecule has 6 aromatic carbocycles. The van der Waals surface area contributed by atoms with Crippen LogP contribution in [0.2, 0.25) is 0 Å². The zero-order valence-electron chi connectivity index (χ0n) is 42.1. The van der Waals surface area contributed by atoms with E-state index in [4.69, 9.17) is 9.47 Å². The largest absolute Gasteiger partial charge is 0.417 e. The first kappa shape index (κ1) is 53.6. The van der Waals surface area contributed by atoms with Gasteiger partial charge in [-0.05, 0) is 115 Å². The predicted molar refractivity (Wildman–Crippen MR) is 278 cm³/mol. The van der Waals surface area contributed by atoms with Gasteiger partial charge in [-0.3, -0.25) is 19.0 Å². The van der Waals surface area contributed by atoms with Gasteiger partial charge in [0.25, 0.3) is 20.0 Å². The highest BCUT2D eigenvalue weighted by Crippen LogP contribution is 2.52. The van der Waals surface area contributed by atoms with Crippen molar-refractivity contribution in [1.82, 2.24) is 0 Å². The van der Waals surface area contributed by atoms with Gasteiger partial charge in [-0.15, -0.1) is 0 Å². The van der Waals surface area contributed by atoms with E-state index in [1.807, 2.05) is 74.9 Å². The van der Waals surface area contributed by atoms with Gasteiger partial charge >= 0.3 is 12.4 Å². The molecule has 12 nitrogen and oxygen atoms in total. The summed E-state index contributed by atoms with van der Waals surface area (Å²) in [5.41, 5.74) is 2.92. The zero-order valence-corrected chi connectivity index (χ0v) is 43.7. The van der Waals surface area contributed by atoms with Crippen molar-refractivity contribution in [2.75, 3.05) is 33.3 Å². The second-order valence-electron chi connectivity index (χ2n) is 20.6. The quantitative estimate of drug-likeness (QED) is 0.0608. The van der Waals surface area contributed by atoms with Crippen LogP contribution < -0.4 is 20.1 Å². The first-order chi connectivity index (χ1) is 36.4. The molecule has 2 fully saturated rings. The average molecular weight is 1100 g/mol. The summed E-state index contributed by atoms with van der Waals surface area (Å²) in [5, 5.41) is 7.07. The van der Waals surface area contributed by atoms with E-state index in [-0.39, 0.29) is 69.4 Å². The van der Waals surface area contributed by atoms with Crippen molar-refractivity contribution in [2.24, 2.45) is 23.7 Å². The molecule has 20 heteroatoms. The fourth-order valence-electron chi connectivity index (χ4n) is 11.2. The molecule has 10 rings (SSSR count). The minimum atomic E-state index is -5.41. The lowest BCUT2D eigenvalue weighted by Crippen LogP contribution is -2.29. The number of halogens is 6. The summed E-state index contributed by atoms with van der Waals surface area (Å²) < 4.78 is 153. The number of fused-ring (bicyclic) bond motifs is 6. The highest BCUT2D eigenvalue weighted by atomic mass is 32.2. The molecule has 0 bridgehead atoms. The molecule has 4 aliphatic heterocycles. The fraction of sp³-hybridized carbons (Fsp3) is 0.333. The molecule has 4 heterocycles. The Bertz CT molecular complexity index is 3520. The first-order valence-electron chi connectivity index (χ1n) is 25.1. The Morgan fingerprint density at radius 2 is 1.04 bits per heavy atom. The number of hydrogen-bond donors (Lipinski definition) is 4. The molecular weight excluding hydrogens is 1050 g/mol. The normalized spacial score (nSPS) is 21.4. The molecule has 7 unspecified atom stereocenters. The lowest BCUT2D eigenvalue weighted by atomic mass is 9.80. The Morgan fingerprint density at radius 1 is 0.584 bits per heavy atom. The molecule has 0 spiro atoms. The molecule has 2 saturated heterocycles. The monoisotopic (exact) mass is 1100 g/mol. The molecule has 0 saturated carbocycles. The van der Waals surface area contributed by atoms with E-state index < -0.39 is 61.2 Å². The number of benzene rings is 6. The van der Waals surface area contributed by atoms with Crippen LogP contribution in [0.4, 0.5) is 49.1 Å². The van der Waals surface area contributed by atoms with Gasteiger partial charge in [0, 0.05) is 81.9 Å². The van der Waals surface area contributed by atoms with Crippen molar-refractivity contribution in [3.05, 3.63) is 177 Å². The summed E-state index contributed by atoms with van der Waals surface area (Å²) in [6.07, 6.45) is -9.88. The second-order valence-corrected chi connectivity index (χ2v) is 23.9. The summed E-state index contributed by atoms with van der Waals surface area (Å²) in [6, 6.07) is 29.7. The molecule has 77 heavy (non-hydrogen) atoms. The molecule has 4 N–H and O–H groups in total. The van der Waals surface area contributed by atoms with Gasteiger partial charge in [-0.25, -0.2) is 16.8 Å². The van der Waals surface area contributed by atoms with E-state index in [1.54, 1.807) is 42.5 Å². The van der Waals surface area contributed by atoms with E-state index in [0.717, 1.165) is 39.9 Å². The molecule has 0 amide bonds. The van der Waals surface area contributed by atoms with Crippen LogP contribution in [0, 0.1) is 30.6 Å². The maximum atomic E-state index is 13.9. The Labute approximate surface area is 442 Å². The number of anilines is 4. The number of Topliss-reactive ketones (excluding diaryl/α,β-unsaturated/α-hetero) is 2. The van der Waals surface area contributed by atoms with Crippen LogP contribution in [0.3, 0.4) is 0 Å². The Morgan fingerprint density at radius 3 is 1.49 bits per heavy atom. The van der Waals surface area contributed by atoms with Gasteiger partial charge in [0.1, 0.15) is 0 Å². The lowest BCUT2D eigenvalue weighted by molar-refractivity contribution is -0.162. The van der Waals surface area contributed by atoms with Gasteiger partial charge in [-0.2, -0.15) is 26.3 Å². The van der Waals surface area contributed by atoms with Crippen LogP contribution in [0.1, 0.15) is 123 Å². The molecular formula is C57H54F6N4O8S2.